The summed E-state index contributed by atoms with van der Waals surface area (Å²) in [5, 5.41) is 5.31. The average Bonchev–Trinajstić information content (AvgIpc) is 3.36. The van der Waals surface area contributed by atoms with E-state index < -0.39 is 29.5 Å². The van der Waals surface area contributed by atoms with Crippen molar-refractivity contribution < 1.29 is 18.4 Å². The number of fused-ring (bicyclic) bond motifs is 1. The smallest absolute Gasteiger partial charge is 0.331 e. The first-order valence-electron chi connectivity index (χ1n) is 10.6. The quantitative estimate of drug-likeness (QED) is 0.355. The molecule has 2 aromatic heterocycles. The van der Waals surface area contributed by atoms with Crippen LogP contribution in [0.5, 0.6) is 0 Å². The predicted octanol–water partition coefficient (Wildman–Crippen LogP) is 3.00. The molecular formula is C24H20BrFN4O5. The van der Waals surface area contributed by atoms with Crippen LogP contribution in [0, 0.1) is 5.82 Å². The Kier molecular flexibility index (Phi) is 7.25. The van der Waals surface area contributed by atoms with Crippen LogP contribution in [0.3, 0.4) is 0 Å². The zero-order valence-corrected chi connectivity index (χ0v) is 19.9. The minimum Gasteiger partial charge on any atom is -0.467 e. The second-order valence-electron chi connectivity index (χ2n) is 7.62. The highest BCUT2D eigenvalue weighted by Gasteiger charge is 2.17. The first-order chi connectivity index (χ1) is 16.8. The Morgan fingerprint density at radius 2 is 1.80 bits per heavy atom. The van der Waals surface area contributed by atoms with E-state index in [1.165, 1.54) is 24.5 Å². The number of amides is 2. The summed E-state index contributed by atoms with van der Waals surface area (Å²) in [7, 11) is 0. The highest BCUT2D eigenvalue weighted by molar-refractivity contribution is 9.10. The molecule has 11 heteroatoms. The van der Waals surface area contributed by atoms with Crippen molar-refractivity contribution in [3.05, 3.63) is 97.7 Å². The molecule has 0 radical (unpaired) electrons. The van der Waals surface area contributed by atoms with Crippen molar-refractivity contribution >= 4 is 44.3 Å². The number of aromatic nitrogens is 2. The van der Waals surface area contributed by atoms with Gasteiger partial charge in [-0.3, -0.25) is 23.5 Å². The van der Waals surface area contributed by atoms with E-state index in [4.69, 9.17) is 4.42 Å². The van der Waals surface area contributed by atoms with Crippen LogP contribution in [0.25, 0.3) is 10.9 Å². The Hall–Kier alpha value is -3.99. The van der Waals surface area contributed by atoms with Crippen LogP contribution < -0.4 is 21.9 Å². The van der Waals surface area contributed by atoms with Gasteiger partial charge in [-0.15, -0.1) is 0 Å². The van der Waals surface area contributed by atoms with Gasteiger partial charge >= 0.3 is 5.69 Å². The number of rotatable bonds is 8. The number of anilines is 1. The van der Waals surface area contributed by atoms with Crippen LogP contribution >= 0.6 is 15.9 Å². The molecule has 0 aliphatic heterocycles. The zero-order valence-electron chi connectivity index (χ0n) is 18.3. The lowest BCUT2D eigenvalue weighted by Crippen LogP contribution is -2.42. The van der Waals surface area contributed by atoms with Crippen molar-refractivity contribution in [2.24, 2.45) is 0 Å². The normalized spacial score (nSPS) is 10.9. The number of nitrogens with zero attached hydrogens (tertiary/aromatic N) is 2. The van der Waals surface area contributed by atoms with E-state index in [0.717, 1.165) is 9.13 Å². The number of carbonyl (C=O) groups is 2. The van der Waals surface area contributed by atoms with Crippen LogP contribution in [0.1, 0.15) is 12.2 Å². The molecule has 2 amide bonds. The first-order valence-corrected chi connectivity index (χ1v) is 11.4. The van der Waals surface area contributed by atoms with Crippen molar-refractivity contribution in [3.8, 4) is 0 Å². The maximum atomic E-state index is 14.1. The highest BCUT2D eigenvalue weighted by atomic mass is 79.9. The summed E-state index contributed by atoms with van der Waals surface area (Å²) in [5.41, 5.74) is -1.11. The summed E-state index contributed by atoms with van der Waals surface area (Å²) in [4.78, 5) is 51.0. The molecule has 2 N–H and O–H groups in total. The van der Waals surface area contributed by atoms with Crippen LogP contribution in [-0.2, 0) is 29.2 Å². The largest absolute Gasteiger partial charge is 0.467 e. The average molecular weight is 543 g/mol. The molecule has 2 heterocycles. The van der Waals surface area contributed by atoms with Gasteiger partial charge in [-0.25, -0.2) is 9.18 Å². The van der Waals surface area contributed by atoms with Gasteiger partial charge in [-0.2, -0.15) is 0 Å². The Morgan fingerprint density at radius 1 is 1.00 bits per heavy atom. The summed E-state index contributed by atoms with van der Waals surface area (Å²) < 4.78 is 21.8. The minimum absolute atomic E-state index is 0.0443. The number of benzene rings is 2. The van der Waals surface area contributed by atoms with E-state index in [2.05, 4.69) is 26.6 Å². The van der Waals surface area contributed by atoms with Crippen LogP contribution in [0.15, 0.2) is 79.3 Å². The molecule has 0 unspecified atom stereocenters. The molecule has 180 valence electrons. The molecule has 4 rings (SSSR count). The Morgan fingerprint density at radius 3 is 2.54 bits per heavy atom. The summed E-state index contributed by atoms with van der Waals surface area (Å²) in [6, 6.07) is 13.9. The fraction of sp³-hybridized carbons (Fsp3) is 0.167. The maximum Gasteiger partial charge on any atom is 0.331 e. The number of hydrogen-bond acceptors (Lipinski definition) is 5. The fourth-order valence-electron chi connectivity index (χ4n) is 3.55. The molecule has 0 saturated carbocycles. The summed E-state index contributed by atoms with van der Waals surface area (Å²) in [6.45, 7) is -0.468. The molecule has 4 aromatic rings. The van der Waals surface area contributed by atoms with Crippen LogP contribution in [0.2, 0.25) is 0 Å². The van der Waals surface area contributed by atoms with Crippen LogP contribution in [-0.4, -0.2) is 20.9 Å². The Balaban J connectivity index is 1.57. The lowest BCUT2D eigenvalue weighted by atomic mass is 10.2. The molecule has 2 aromatic carbocycles. The molecule has 0 atom stereocenters. The summed E-state index contributed by atoms with van der Waals surface area (Å²) in [6.07, 6.45) is 1.35. The molecular weight excluding hydrogens is 523 g/mol. The van der Waals surface area contributed by atoms with Gasteiger partial charge in [-0.05, 0) is 42.5 Å². The first kappa shape index (κ1) is 24.1. The van der Waals surface area contributed by atoms with Gasteiger partial charge in [0.05, 0.1) is 29.4 Å². The van der Waals surface area contributed by atoms with E-state index in [1.807, 2.05) is 0 Å². The molecule has 0 aliphatic carbocycles. The maximum absolute atomic E-state index is 14.1. The highest BCUT2D eigenvalue weighted by Crippen LogP contribution is 2.19. The van der Waals surface area contributed by atoms with E-state index in [1.54, 1.807) is 36.4 Å². The van der Waals surface area contributed by atoms with Crippen molar-refractivity contribution in [2.75, 3.05) is 5.32 Å². The van der Waals surface area contributed by atoms with Gasteiger partial charge in [0.25, 0.3) is 5.56 Å². The lowest BCUT2D eigenvalue weighted by Gasteiger charge is -2.14. The van der Waals surface area contributed by atoms with Gasteiger partial charge in [0.1, 0.15) is 18.1 Å². The number of halogens is 2. The predicted molar refractivity (Wildman–Crippen MR) is 130 cm³/mol. The van der Waals surface area contributed by atoms with Crippen molar-refractivity contribution in [3.63, 3.8) is 0 Å². The van der Waals surface area contributed by atoms with Gasteiger partial charge in [0.15, 0.2) is 0 Å². The fourth-order valence-corrected chi connectivity index (χ4v) is 3.88. The molecule has 0 bridgehead atoms. The molecule has 0 fully saturated rings. The van der Waals surface area contributed by atoms with Crippen molar-refractivity contribution in [1.29, 1.82) is 0 Å². The molecule has 0 aliphatic rings. The third-order valence-electron chi connectivity index (χ3n) is 5.24. The third-order valence-corrected chi connectivity index (χ3v) is 5.73. The standard InChI is InChI=1S/C24H20BrFN4O5/c25-15-7-8-19(18(26)12-15)28-22(32)14-30-20-6-2-1-5-17(20)23(33)29(24(30)34)10-9-21(31)27-13-16-4-3-11-35-16/h1-8,11-12H,9-10,13-14H2,(H,27,31)(H,28,32). The van der Waals surface area contributed by atoms with E-state index in [9.17, 15) is 23.6 Å². The third kappa shape index (κ3) is 5.57. The second-order valence-corrected chi connectivity index (χ2v) is 8.54. The molecule has 35 heavy (non-hydrogen) atoms. The molecule has 9 nitrogen and oxygen atoms in total. The second kappa shape index (κ2) is 10.5. The van der Waals surface area contributed by atoms with Crippen molar-refractivity contribution in [2.45, 2.75) is 26.1 Å². The number of nitrogens with one attached hydrogen (secondary N) is 2. The van der Waals surface area contributed by atoms with Gasteiger partial charge < -0.3 is 15.1 Å². The monoisotopic (exact) mass is 542 g/mol. The number of carbonyl (C=O) groups excluding carboxylic acids is 2. The van der Waals surface area contributed by atoms with E-state index in [0.29, 0.717) is 10.2 Å². The van der Waals surface area contributed by atoms with Crippen molar-refractivity contribution in [1.82, 2.24) is 14.5 Å². The zero-order chi connectivity index (χ0) is 24.9. The lowest BCUT2D eigenvalue weighted by molar-refractivity contribution is -0.121. The molecule has 0 saturated heterocycles. The number of hydrogen-bond donors (Lipinski definition) is 2. The van der Waals surface area contributed by atoms with Gasteiger partial charge in [0, 0.05) is 17.4 Å². The molecule has 0 spiro atoms. The van der Waals surface area contributed by atoms with E-state index in [-0.39, 0.29) is 42.0 Å². The Bertz CT molecular complexity index is 1510. The Labute approximate surface area is 206 Å². The van der Waals surface area contributed by atoms with Gasteiger partial charge in [-0.1, -0.05) is 28.1 Å². The van der Waals surface area contributed by atoms with Crippen LogP contribution in [0.4, 0.5) is 10.1 Å². The minimum atomic E-state index is -0.751. The number of furan rings is 1. The van der Waals surface area contributed by atoms with Gasteiger partial charge in [0.2, 0.25) is 11.8 Å². The number of para-hydroxylation sites is 1. The van der Waals surface area contributed by atoms with E-state index >= 15 is 0 Å². The summed E-state index contributed by atoms with van der Waals surface area (Å²) in [5.74, 6) is -1.11. The summed E-state index contributed by atoms with van der Waals surface area (Å²) >= 11 is 3.15. The SMILES string of the molecule is O=C(CCn1c(=O)c2ccccc2n(CC(=O)Nc2ccc(Br)cc2F)c1=O)NCc1ccco1. The topological polar surface area (TPSA) is 115 Å².